The SMILES string of the molecule is Cc1ccccc1CN(Cc1cccnc1)C(=O)CCc1nc(-c2ncn[nH]2)no1. The maximum atomic E-state index is 13.1. The third-order valence-corrected chi connectivity index (χ3v) is 4.72. The number of rotatable bonds is 8. The number of nitrogens with zero attached hydrogens (tertiary/aromatic N) is 6. The van der Waals surface area contributed by atoms with E-state index in [0.717, 1.165) is 16.7 Å². The maximum absolute atomic E-state index is 13.1. The van der Waals surface area contributed by atoms with Crippen LogP contribution in [0.15, 0.2) is 59.6 Å². The molecule has 0 radical (unpaired) electrons. The zero-order valence-corrected chi connectivity index (χ0v) is 16.5. The van der Waals surface area contributed by atoms with E-state index in [-0.39, 0.29) is 12.3 Å². The number of hydrogen-bond acceptors (Lipinski definition) is 7. The highest BCUT2D eigenvalue weighted by atomic mass is 16.5. The number of benzene rings is 1. The standard InChI is InChI=1S/C21H21N7O2/c1-15-5-2-3-7-17(15)13-28(12-16-6-4-10-22-11-16)19(29)9-8-18-25-21(27-30-18)20-23-14-24-26-20/h2-7,10-11,14H,8-9,12-13H2,1H3,(H,23,24,26). The molecule has 0 aliphatic carbocycles. The Bertz CT molecular complexity index is 1090. The lowest BCUT2D eigenvalue weighted by Crippen LogP contribution is -2.30. The van der Waals surface area contributed by atoms with Gasteiger partial charge in [-0.1, -0.05) is 35.5 Å². The van der Waals surface area contributed by atoms with Gasteiger partial charge in [-0.3, -0.25) is 14.9 Å². The normalized spacial score (nSPS) is 10.8. The highest BCUT2D eigenvalue weighted by Gasteiger charge is 2.18. The van der Waals surface area contributed by atoms with Crippen molar-refractivity contribution in [3.63, 3.8) is 0 Å². The van der Waals surface area contributed by atoms with Crippen molar-refractivity contribution >= 4 is 5.91 Å². The summed E-state index contributed by atoms with van der Waals surface area (Å²) in [5.41, 5.74) is 3.24. The fourth-order valence-corrected chi connectivity index (χ4v) is 3.08. The molecule has 3 aromatic heterocycles. The van der Waals surface area contributed by atoms with Gasteiger partial charge in [0.15, 0.2) is 5.82 Å². The van der Waals surface area contributed by atoms with E-state index >= 15 is 0 Å². The number of amides is 1. The smallest absolute Gasteiger partial charge is 0.239 e. The average Bonchev–Trinajstić information content (AvgIpc) is 3.46. The zero-order valence-electron chi connectivity index (χ0n) is 16.5. The quantitative estimate of drug-likeness (QED) is 0.481. The van der Waals surface area contributed by atoms with E-state index in [1.165, 1.54) is 6.33 Å². The summed E-state index contributed by atoms with van der Waals surface area (Å²) in [4.78, 5) is 27.3. The van der Waals surface area contributed by atoms with E-state index in [1.54, 1.807) is 12.4 Å². The molecule has 1 N–H and O–H groups in total. The first-order valence-electron chi connectivity index (χ1n) is 9.58. The first-order valence-corrected chi connectivity index (χ1v) is 9.58. The maximum Gasteiger partial charge on any atom is 0.239 e. The molecular weight excluding hydrogens is 382 g/mol. The largest absolute Gasteiger partial charge is 0.339 e. The number of nitrogens with one attached hydrogen (secondary N) is 1. The van der Waals surface area contributed by atoms with Crippen molar-refractivity contribution < 1.29 is 9.32 Å². The van der Waals surface area contributed by atoms with Crippen LogP contribution in [0.1, 0.15) is 29.0 Å². The van der Waals surface area contributed by atoms with Crippen LogP contribution in [-0.4, -0.2) is 41.1 Å². The molecule has 3 heterocycles. The van der Waals surface area contributed by atoms with Gasteiger partial charge in [-0.05, 0) is 29.7 Å². The van der Waals surface area contributed by atoms with Crippen LogP contribution in [0, 0.1) is 6.92 Å². The zero-order chi connectivity index (χ0) is 20.8. The Morgan fingerprint density at radius 1 is 1.17 bits per heavy atom. The van der Waals surface area contributed by atoms with Crippen molar-refractivity contribution in [2.45, 2.75) is 32.9 Å². The van der Waals surface area contributed by atoms with Gasteiger partial charge in [0, 0.05) is 38.3 Å². The molecule has 1 amide bonds. The topological polar surface area (TPSA) is 114 Å². The van der Waals surface area contributed by atoms with E-state index in [4.69, 9.17) is 4.52 Å². The lowest BCUT2D eigenvalue weighted by atomic mass is 10.1. The van der Waals surface area contributed by atoms with Crippen molar-refractivity contribution in [3.8, 4) is 11.6 Å². The lowest BCUT2D eigenvalue weighted by Gasteiger charge is -2.23. The summed E-state index contributed by atoms with van der Waals surface area (Å²) in [6.07, 6.45) is 5.47. The molecule has 0 atom stereocenters. The van der Waals surface area contributed by atoms with Gasteiger partial charge in [0.2, 0.25) is 17.6 Å². The second kappa shape index (κ2) is 9.08. The molecule has 0 aliphatic heterocycles. The van der Waals surface area contributed by atoms with E-state index in [1.807, 2.05) is 48.2 Å². The lowest BCUT2D eigenvalue weighted by molar-refractivity contribution is -0.132. The van der Waals surface area contributed by atoms with E-state index in [2.05, 4.69) is 30.3 Å². The molecule has 30 heavy (non-hydrogen) atoms. The summed E-state index contributed by atoms with van der Waals surface area (Å²) in [6.45, 7) is 3.05. The Hall–Kier alpha value is -3.88. The van der Waals surface area contributed by atoms with Gasteiger partial charge in [0.1, 0.15) is 6.33 Å². The van der Waals surface area contributed by atoms with Crippen LogP contribution in [0.3, 0.4) is 0 Å². The van der Waals surface area contributed by atoms with Gasteiger partial charge in [-0.15, -0.1) is 0 Å². The Morgan fingerprint density at radius 3 is 2.83 bits per heavy atom. The van der Waals surface area contributed by atoms with Crippen molar-refractivity contribution in [1.82, 2.24) is 35.2 Å². The number of carbonyl (C=O) groups is 1. The van der Waals surface area contributed by atoms with Gasteiger partial charge < -0.3 is 9.42 Å². The number of carbonyl (C=O) groups excluding carboxylic acids is 1. The molecule has 1 aromatic carbocycles. The Morgan fingerprint density at radius 2 is 2.07 bits per heavy atom. The summed E-state index contributed by atoms with van der Waals surface area (Å²) in [5, 5.41) is 10.3. The van der Waals surface area contributed by atoms with Crippen LogP contribution in [-0.2, 0) is 24.3 Å². The summed E-state index contributed by atoms with van der Waals surface area (Å²) < 4.78 is 5.24. The minimum atomic E-state index is 0.00141. The molecule has 9 nitrogen and oxygen atoms in total. The Kier molecular flexibility index (Phi) is 5.88. The highest BCUT2D eigenvalue weighted by molar-refractivity contribution is 5.76. The molecule has 0 fully saturated rings. The van der Waals surface area contributed by atoms with Gasteiger partial charge in [0.05, 0.1) is 0 Å². The van der Waals surface area contributed by atoms with Crippen LogP contribution in [0.5, 0.6) is 0 Å². The molecule has 0 spiro atoms. The Labute approximate surface area is 173 Å². The third kappa shape index (κ3) is 4.75. The molecule has 0 saturated carbocycles. The number of aryl methyl sites for hydroxylation is 2. The molecule has 9 heteroatoms. The second-order valence-corrected chi connectivity index (χ2v) is 6.88. The Balaban J connectivity index is 1.45. The first-order chi connectivity index (χ1) is 14.7. The van der Waals surface area contributed by atoms with Gasteiger partial charge >= 0.3 is 0 Å². The van der Waals surface area contributed by atoms with Crippen LogP contribution < -0.4 is 0 Å². The van der Waals surface area contributed by atoms with Crippen LogP contribution >= 0.6 is 0 Å². The summed E-state index contributed by atoms with van der Waals surface area (Å²) in [7, 11) is 0. The summed E-state index contributed by atoms with van der Waals surface area (Å²) in [5.74, 6) is 1.13. The number of aromatic amines is 1. The van der Waals surface area contributed by atoms with E-state index in [0.29, 0.717) is 37.0 Å². The minimum Gasteiger partial charge on any atom is -0.339 e. The summed E-state index contributed by atoms with van der Waals surface area (Å²) >= 11 is 0. The monoisotopic (exact) mass is 403 g/mol. The molecule has 0 saturated heterocycles. The molecular formula is C21H21N7O2. The van der Waals surface area contributed by atoms with Crippen molar-refractivity contribution in [3.05, 3.63) is 77.7 Å². The highest BCUT2D eigenvalue weighted by Crippen LogP contribution is 2.16. The number of pyridine rings is 1. The van der Waals surface area contributed by atoms with Gasteiger partial charge in [0.25, 0.3) is 0 Å². The predicted molar refractivity (Wildman–Crippen MR) is 108 cm³/mol. The number of hydrogen-bond donors (Lipinski definition) is 1. The van der Waals surface area contributed by atoms with Crippen LogP contribution in [0.4, 0.5) is 0 Å². The van der Waals surface area contributed by atoms with Crippen molar-refractivity contribution in [1.29, 1.82) is 0 Å². The molecule has 0 bridgehead atoms. The van der Waals surface area contributed by atoms with Crippen LogP contribution in [0.25, 0.3) is 11.6 Å². The first kappa shape index (κ1) is 19.4. The van der Waals surface area contributed by atoms with Crippen molar-refractivity contribution in [2.75, 3.05) is 0 Å². The fraction of sp³-hybridized carbons (Fsp3) is 0.238. The van der Waals surface area contributed by atoms with Gasteiger partial charge in [-0.2, -0.15) is 10.1 Å². The molecule has 4 aromatic rings. The van der Waals surface area contributed by atoms with E-state index in [9.17, 15) is 4.79 Å². The third-order valence-electron chi connectivity index (χ3n) is 4.72. The fourth-order valence-electron chi connectivity index (χ4n) is 3.08. The van der Waals surface area contributed by atoms with Crippen LogP contribution in [0.2, 0.25) is 0 Å². The molecule has 4 rings (SSSR count). The minimum absolute atomic E-state index is 0.00141. The predicted octanol–water partition coefficient (Wildman–Crippen LogP) is 2.72. The van der Waals surface area contributed by atoms with E-state index < -0.39 is 0 Å². The second-order valence-electron chi connectivity index (χ2n) is 6.88. The summed E-state index contributed by atoms with van der Waals surface area (Å²) in [6, 6.07) is 11.9. The van der Waals surface area contributed by atoms with Crippen molar-refractivity contribution in [2.24, 2.45) is 0 Å². The number of H-pyrrole nitrogens is 1. The molecule has 0 unspecified atom stereocenters. The van der Waals surface area contributed by atoms with Gasteiger partial charge in [-0.25, -0.2) is 4.98 Å². The molecule has 0 aliphatic rings. The average molecular weight is 403 g/mol. The number of aromatic nitrogens is 6. The molecule has 152 valence electrons.